The van der Waals surface area contributed by atoms with Crippen LogP contribution in [0.4, 0.5) is 0 Å². The molecule has 1 N–H and O–H groups in total. The molecule has 0 unspecified atom stereocenters. The zero-order chi connectivity index (χ0) is 20.4. The van der Waals surface area contributed by atoms with E-state index in [1.807, 2.05) is 77.4 Å². The van der Waals surface area contributed by atoms with Gasteiger partial charge in [-0.25, -0.2) is 4.98 Å². The predicted molar refractivity (Wildman–Crippen MR) is 118 cm³/mol. The summed E-state index contributed by atoms with van der Waals surface area (Å²) in [6.45, 7) is 0. The number of hydrogen-bond donors (Lipinski definition) is 1. The predicted octanol–water partition coefficient (Wildman–Crippen LogP) is 5.87. The number of benzene rings is 3. The summed E-state index contributed by atoms with van der Waals surface area (Å²) in [7, 11) is 1.59. The molecule has 0 radical (unpaired) electrons. The second kappa shape index (κ2) is 8.11. The van der Waals surface area contributed by atoms with Gasteiger partial charge in [-0.15, -0.1) is 0 Å². The first-order chi connectivity index (χ1) is 14.1. The van der Waals surface area contributed by atoms with Crippen LogP contribution in [0, 0.1) is 0 Å². The van der Waals surface area contributed by atoms with E-state index in [-0.39, 0.29) is 5.91 Å². The fourth-order valence-corrected chi connectivity index (χ4v) is 3.62. The second-order valence-electron chi connectivity index (χ2n) is 6.40. The molecule has 0 aliphatic heterocycles. The minimum atomic E-state index is -0.280. The third kappa shape index (κ3) is 3.77. The topological polar surface area (TPSA) is 46.9 Å². The Kier molecular flexibility index (Phi) is 5.38. The molecule has 144 valence electrons. The number of carbonyl (C=O) groups is 1. The summed E-state index contributed by atoms with van der Waals surface area (Å²) in [5, 5.41) is 3.85. The third-order valence-corrected chi connectivity index (χ3v) is 4.99. The van der Waals surface area contributed by atoms with Gasteiger partial charge in [-0.3, -0.25) is 9.36 Å². The number of halogens is 2. The van der Waals surface area contributed by atoms with E-state index in [2.05, 4.69) is 5.32 Å². The van der Waals surface area contributed by atoms with Crippen molar-refractivity contribution in [2.75, 3.05) is 7.05 Å². The van der Waals surface area contributed by atoms with Crippen LogP contribution >= 0.6 is 23.2 Å². The van der Waals surface area contributed by atoms with E-state index in [1.54, 1.807) is 13.1 Å². The van der Waals surface area contributed by atoms with E-state index in [0.717, 1.165) is 16.8 Å². The zero-order valence-corrected chi connectivity index (χ0v) is 17.1. The largest absolute Gasteiger partial charge is 0.354 e. The molecule has 1 aromatic heterocycles. The van der Waals surface area contributed by atoms with Crippen molar-refractivity contribution >= 4 is 29.1 Å². The average Bonchev–Trinajstić information content (AvgIpc) is 3.14. The van der Waals surface area contributed by atoms with Gasteiger partial charge >= 0.3 is 0 Å². The van der Waals surface area contributed by atoms with Crippen LogP contribution in [0.5, 0.6) is 0 Å². The summed E-state index contributed by atoms with van der Waals surface area (Å²) >= 11 is 12.5. The molecule has 1 amide bonds. The molecule has 0 bridgehead atoms. The summed E-state index contributed by atoms with van der Waals surface area (Å²) < 4.78 is 1.94. The lowest BCUT2D eigenvalue weighted by atomic mass is 10.1. The lowest BCUT2D eigenvalue weighted by Crippen LogP contribution is -2.19. The highest BCUT2D eigenvalue weighted by Gasteiger charge is 2.25. The summed E-state index contributed by atoms with van der Waals surface area (Å²) in [6, 6.07) is 24.6. The standard InChI is InChI=1S/C23H17Cl2N3O/c1-26-23(29)20-21(16-9-5-10-17(24)13-16)28(19-12-6-11-18(25)14-19)22(27-20)15-7-3-2-4-8-15/h2-14H,1H3,(H,26,29). The Hall–Kier alpha value is -3.08. The monoisotopic (exact) mass is 421 g/mol. The van der Waals surface area contributed by atoms with E-state index in [4.69, 9.17) is 28.2 Å². The quantitative estimate of drug-likeness (QED) is 0.447. The zero-order valence-electron chi connectivity index (χ0n) is 15.6. The van der Waals surface area contributed by atoms with Gasteiger partial charge in [0, 0.05) is 33.9 Å². The van der Waals surface area contributed by atoms with Gasteiger partial charge in [-0.05, 0) is 30.3 Å². The maximum absolute atomic E-state index is 12.7. The molecule has 0 saturated carbocycles. The number of aromatic nitrogens is 2. The SMILES string of the molecule is CNC(=O)c1nc(-c2ccccc2)n(-c2cccc(Cl)c2)c1-c1cccc(Cl)c1. The van der Waals surface area contributed by atoms with E-state index in [9.17, 15) is 4.79 Å². The molecule has 4 aromatic rings. The Labute approximate surface area is 178 Å². The smallest absolute Gasteiger partial charge is 0.271 e. The molecule has 1 heterocycles. The first kappa shape index (κ1) is 19.2. The summed E-state index contributed by atoms with van der Waals surface area (Å²) in [5.41, 5.74) is 3.42. The first-order valence-corrected chi connectivity index (χ1v) is 9.76. The van der Waals surface area contributed by atoms with Crippen molar-refractivity contribution in [1.82, 2.24) is 14.9 Å². The highest BCUT2D eigenvalue weighted by atomic mass is 35.5. The highest BCUT2D eigenvalue weighted by molar-refractivity contribution is 6.31. The lowest BCUT2D eigenvalue weighted by Gasteiger charge is -2.14. The van der Waals surface area contributed by atoms with Crippen molar-refractivity contribution in [2.24, 2.45) is 0 Å². The Morgan fingerprint density at radius 2 is 1.52 bits per heavy atom. The average molecular weight is 422 g/mol. The molecule has 0 atom stereocenters. The molecule has 3 aromatic carbocycles. The van der Waals surface area contributed by atoms with Crippen LogP contribution in [-0.2, 0) is 0 Å². The first-order valence-electron chi connectivity index (χ1n) is 9.00. The van der Waals surface area contributed by atoms with Gasteiger partial charge in [0.2, 0.25) is 0 Å². The van der Waals surface area contributed by atoms with Crippen LogP contribution < -0.4 is 5.32 Å². The number of imidazole rings is 1. The van der Waals surface area contributed by atoms with Gasteiger partial charge in [-0.1, -0.05) is 71.7 Å². The minimum Gasteiger partial charge on any atom is -0.354 e. The third-order valence-electron chi connectivity index (χ3n) is 4.52. The molecule has 0 saturated heterocycles. The molecule has 4 rings (SSSR count). The van der Waals surface area contributed by atoms with Crippen LogP contribution in [0.15, 0.2) is 78.9 Å². The summed E-state index contributed by atoms with van der Waals surface area (Å²) in [5.74, 6) is 0.361. The molecule has 29 heavy (non-hydrogen) atoms. The molecular weight excluding hydrogens is 405 g/mol. The Morgan fingerprint density at radius 1 is 0.862 bits per heavy atom. The highest BCUT2D eigenvalue weighted by Crippen LogP contribution is 2.35. The Balaban J connectivity index is 2.11. The van der Waals surface area contributed by atoms with Crippen molar-refractivity contribution in [3.63, 3.8) is 0 Å². The fraction of sp³-hybridized carbons (Fsp3) is 0.0435. The fourth-order valence-electron chi connectivity index (χ4n) is 3.25. The van der Waals surface area contributed by atoms with Crippen LogP contribution in [0.3, 0.4) is 0 Å². The molecular formula is C23H17Cl2N3O. The van der Waals surface area contributed by atoms with Gasteiger partial charge in [0.1, 0.15) is 5.82 Å². The Bertz CT molecular complexity index is 1190. The van der Waals surface area contributed by atoms with Crippen molar-refractivity contribution in [3.8, 4) is 28.3 Å². The van der Waals surface area contributed by atoms with Crippen molar-refractivity contribution in [1.29, 1.82) is 0 Å². The van der Waals surface area contributed by atoms with Crippen LogP contribution in [0.2, 0.25) is 10.0 Å². The molecule has 0 fully saturated rings. The molecule has 6 heteroatoms. The van der Waals surface area contributed by atoms with Crippen molar-refractivity contribution in [2.45, 2.75) is 0 Å². The minimum absolute atomic E-state index is 0.280. The van der Waals surface area contributed by atoms with Crippen LogP contribution in [-0.4, -0.2) is 22.5 Å². The molecule has 0 aliphatic rings. The number of rotatable bonds is 4. The Morgan fingerprint density at radius 3 is 2.17 bits per heavy atom. The van der Waals surface area contributed by atoms with Crippen LogP contribution in [0.25, 0.3) is 28.3 Å². The number of carbonyl (C=O) groups excluding carboxylic acids is 1. The molecule has 4 nitrogen and oxygen atoms in total. The van der Waals surface area contributed by atoms with E-state index < -0.39 is 0 Å². The summed E-state index contributed by atoms with van der Waals surface area (Å²) in [6.07, 6.45) is 0. The number of nitrogens with zero attached hydrogens (tertiary/aromatic N) is 2. The van der Waals surface area contributed by atoms with E-state index in [0.29, 0.717) is 27.3 Å². The number of hydrogen-bond acceptors (Lipinski definition) is 2. The van der Waals surface area contributed by atoms with Crippen molar-refractivity contribution < 1.29 is 4.79 Å². The number of nitrogens with one attached hydrogen (secondary N) is 1. The molecule has 0 spiro atoms. The van der Waals surface area contributed by atoms with Crippen LogP contribution in [0.1, 0.15) is 10.5 Å². The van der Waals surface area contributed by atoms with Gasteiger partial charge in [0.25, 0.3) is 5.91 Å². The van der Waals surface area contributed by atoms with Crippen molar-refractivity contribution in [3.05, 3.63) is 94.6 Å². The number of amides is 1. The van der Waals surface area contributed by atoms with Gasteiger partial charge in [-0.2, -0.15) is 0 Å². The lowest BCUT2D eigenvalue weighted by molar-refractivity contribution is 0.0959. The normalized spacial score (nSPS) is 10.7. The second-order valence-corrected chi connectivity index (χ2v) is 7.28. The molecule has 0 aliphatic carbocycles. The maximum Gasteiger partial charge on any atom is 0.271 e. The summed E-state index contributed by atoms with van der Waals surface area (Å²) in [4.78, 5) is 17.5. The van der Waals surface area contributed by atoms with Gasteiger partial charge in [0.15, 0.2) is 5.69 Å². The van der Waals surface area contributed by atoms with Gasteiger partial charge in [0.05, 0.1) is 5.69 Å². The maximum atomic E-state index is 12.7. The van der Waals surface area contributed by atoms with E-state index >= 15 is 0 Å². The van der Waals surface area contributed by atoms with E-state index in [1.165, 1.54) is 0 Å². The van der Waals surface area contributed by atoms with Gasteiger partial charge < -0.3 is 5.32 Å².